The first-order chi connectivity index (χ1) is 9.23. The van der Waals surface area contributed by atoms with Gasteiger partial charge in [-0.25, -0.2) is 0 Å². The fraction of sp³-hybridized carbons (Fsp3) is 0.929. The van der Waals surface area contributed by atoms with Crippen molar-refractivity contribution in [2.75, 3.05) is 6.54 Å². The SMILES string of the molecule is CC(C)CC1NC2(CC2)C(=O)N1CCCCC(F)(F)F. The first-order valence-corrected chi connectivity index (χ1v) is 7.39. The van der Waals surface area contributed by atoms with E-state index in [4.69, 9.17) is 0 Å². The first-order valence-electron chi connectivity index (χ1n) is 7.39. The number of unbranched alkanes of at least 4 members (excludes halogenated alkanes) is 1. The van der Waals surface area contributed by atoms with Crippen molar-refractivity contribution >= 4 is 5.91 Å². The number of rotatable bonds is 6. The minimum atomic E-state index is -4.09. The number of alkyl halides is 3. The second kappa shape index (κ2) is 5.54. The maximum Gasteiger partial charge on any atom is 0.389 e. The Labute approximate surface area is 117 Å². The lowest BCUT2D eigenvalue weighted by atomic mass is 10.1. The van der Waals surface area contributed by atoms with Crippen molar-refractivity contribution in [3.8, 4) is 0 Å². The molecular formula is C14H23F3N2O. The van der Waals surface area contributed by atoms with Gasteiger partial charge in [-0.2, -0.15) is 13.2 Å². The monoisotopic (exact) mass is 292 g/mol. The highest BCUT2D eigenvalue weighted by molar-refractivity contribution is 5.91. The first kappa shape index (κ1) is 15.6. The number of carbonyl (C=O) groups excluding carboxylic acids is 1. The van der Waals surface area contributed by atoms with E-state index < -0.39 is 12.6 Å². The van der Waals surface area contributed by atoms with Crippen LogP contribution in [0.2, 0.25) is 0 Å². The summed E-state index contributed by atoms with van der Waals surface area (Å²) in [6, 6.07) is 0. The summed E-state index contributed by atoms with van der Waals surface area (Å²) in [5, 5.41) is 3.38. The molecule has 1 spiro atoms. The maximum atomic E-state index is 12.3. The molecule has 0 bridgehead atoms. The summed E-state index contributed by atoms with van der Waals surface area (Å²) in [6.45, 7) is 4.61. The van der Waals surface area contributed by atoms with Crippen molar-refractivity contribution in [1.29, 1.82) is 0 Å². The largest absolute Gasteiger partial charge is 0.389 e. The van der Waals surface area contributed by atoms with Crippen molar-refractivity contribution in [3.63, 3.8) is 0 Å². The van der Waals surface area contributed by atoms with Crippen LogP contribution in [-0.2, 0) is 4.79 Å². The van der Waals surface area contributed by atoms with Gasteiger partial charge in [0.1, 0.15) is 0 Å². The van der Waals surface area contributed by atoms with E-state index in [1.54, 1.807) is 4.90 Å². The van der Waals surface area contributed by atoms with Crippen LogP contribution in [0.25, 0.3) is 0 Å². The zero-order valence-corrected chi connectivity index (χ0v) is 12.1. The number of nitrogens with one attached hydrogen (secondary N) is 1. The van der Waals surface area contributed by atoms with Gasteiger partial charge in [0.25, 0.3) is 0 Å². The van der Waals surface area contributed by atoms with Crippen LogP contribution >= 0.6 is 0 Å². The van der Waals surface area contributed by atoms with Gasteiger partial charge in [-0.15, -0.1) is 0 Å². The molecule has 1 saturated heterocycles. The molecule has 1 saturated carbocycles. The second-order valence-corrected chi connectivity index (χ2v) is 6.44. The van der Waals surface area contributed by atoms with Crippen LogP contribution < -0.4 is 5.32 Å². The molecular weight excluding hydrogens is 269 g/mol. The third-order valence-electron chi connectivity index (χ3n) is 4.04. The Morgan fingerprint density at radius 1 is 1.35 bits per heavy atom. The topological polar surface area (TPSA) is 32.3 Å². The van der Waals surface area contributed by atoms with Crippen LogP contribution in [0.1, 0.15) is 52.4 Å². The van der Waals surface area contributed by atoms with Crippen molar-refractivity contribution in [1.82, 2.24) is 10.2 Å². The number of amides is 1. The van der Waals surface area contributed by atoms with Crippen molar-refractivity contribution in [3.05, 3.63) is 0 Å². The fourth-order valence-corrected chi connectivity index (χ4v) is 2.86. The molecule has 1 heterocycles. The van der Waals surface area contributed by atoms with Gasteiger partial charge in [0.2, 0.25) is 5.91 Å². The Hall–Kier alpha value is -0.780. The molecule has 1 aliphatic heterocycles. The fourth-order valence-electron chi connectivity index (χ4n) is 2.86. The van der Waals surface area contributed by atoms with Crippen LogP contribution in [0.5, 0.6) is 0 Å². The Balaban J connectivity index is 1.85. The molecule has 1 amide bonds. The number of hydrogen-bond acceptors (Lipinski definition) is 2. The average molecular weight is 292 g/mol. The lowest BCUT2D eigenvalue weighted by molar-refractivity contribution is -0.136. The molecule has 20 heavy (non-hydrogen) atoms. The quantitative estimate of drug-likeness (QED) is 0.763. The van der Waals surface area contributed by atoms with E-state index in [1.807, 2.05) is 0 Å². The Kier molecular flexibility index (Phi) is 4.33. The predicted octanol–water partition coefficient (Wildman–Crippen LogP) is 3.06. The highest BCUT2D eigenvalue weighted by Crippen LogP contribution is 2.43. The summed E-state index contributed by atoms with van der Waals surface area (Å²) in [7, 11) is 0. The summed E-state index contributed by atoms with van der Waals surface area (Å²) in [4.78, 5) is 14.1. The summed E-state index contributed by atoms with van der Waals surface area (Å²) >= 11 is 0. The summed E-state index contributed by atoms with van der Waals surface area (Å²) in [5.74, 6) is 0.544. The van der Waals surface area contributed by atoms with Gasteiger partial charge in [-0.1, -0.05) is 13.8 Å². The van der Waals surface area contributed by atoms with Crippen LogP contribution in [0.15, 0.2) is 0 Å². The van der Waals surface area contributed by atoms with E-state index in [-0.39, 0.29) is 24.0 Å². The van der Waals surface area contributed by atoms with Gasteiger partial charge >= 0.3 is 6.18 Å². The van der Waals surface area contributed by atoms with Crippen molar-refractivity contribution in [2.45, 2.75) is 70.3 Å². The van der Waals surface area contributed by atoms with Crippen LogP contribution in [0.4, 0.5) is 13.2 Å². The summed E-state index contributed by atoms with van der Waals surface area (Å²) in [6.07, 6.45) is -1.78. The molecule has 116 valence electrons. The van der Waals surface area contributed by atoms with Crippen LogP contribution in [0.3, 0.4) is 0 Å². The van der Waals surface area contributed by atoms with Gasteiger partial charge in [-0.05, 0) is 38.0 Å². The predicted molar refractivity (Wildman–Crippen MR) is 70.0 cm³/mol. The van der Waals surface area contributed by atoms with Gasteiger partial charge in [0, 0.05) is 13.0 Å². The van der Waals surface area contributed by atoms with Gasteiger partial charge < -0.3 is 4.90 Å². The highest BCUT2D eigenvalue weighted by atomic mass is 19.4. The lowest BCUT2D eigenvalue weighted by Crippen LogP contribution is -2.39. The van der Waals surface area contributed by atoms with E-state index in [0.717, 1.165) is 19.3 Å². The molecule has 2 aliphatic rings. The molecule has 2 rings (SSSR count). The van der Waals surface area contributed by atoms with E-state index in [0.29, 0.717) is 18.9 Å². The molecule has 1 aliphatic carbocycles. The normalized spacial score (nSPS) is 25.0. The third-order valence-corrected chi connectivity index (χ3v) is 4.04. The van der Waals surface area contributed by atoms with Crippen molar-refractivity contribution < 1.29 is 18.0 Å². The number of hydrogen-bond donors (Lipinski definition) is 1. The minimum absolute atomic E-state index is 0.00381. The Morgan fingerprint density at radius 3 is 2.50 bits per heavy atom. The van der Waals surface area contributed by atoms with E-state index in [1.165, 1.54) is 0 Å². The third kappa shape index (κ3) is 3.65. The van der Waals surface area contributed by atoms with E-state index in [2.05, 4.69) is 19.2 Å². The van der Waals surface area contributed by atoms with Crippen LogP contribution in [-0.4, -0.2) is 35.2 Å². The zero-order valence-electron chi connectivity index (χ0n) is 12.1. The minimum Gasteiger partial charge on any atom is -0.326 e. The smallest absolute Gasteiger partial charge is 0.326 e. The van der Waals surface area contributed by atoms with Gasteiger partial charge in [0.05, 0.1) is 11.7 Å². The molecule has 1 atom stereocenters. The van der Waals surface area contributed by atoms with Gasteiger partial charge in [0.15, 0.2) is 0 Å². The lowest BCUT2D eigenvalue weighted by Gasteiger charge is -2.25. The molecule has 1 unspecified atom stereocenters. The summed E-state index contributed by atoms with van der Waals surface area (Å²) in [5.41, 5.74) is -0.371. The van der Waals surface area contributed by atoms with Crippen LogP contribution in [0, 0.1) is 5.92 Å². The van der Waals surface area contributed by atoms with Gasteiger partial charge in [-0.3, -0.25) is 10.1 Å². The standard InChI is InChI=1S/C14H23F3N2O/c1-10(2)9-11-18-13(6-7-13)12(20)19(11)8-4-3-5-14(15,16)17/h10-11,18H,3-9H2,1-2H3. The number of carbonyl (C=O) groups is 1. The average Bonchev–Trinajstić information content (AvgIpc) is 3.01. The molecule has 0 radical (unpaired) electrons. The Morgan fingerprint density at radius 2 is 2.00 bits per heavy atom. The Bertz CT molecular complexity index is 364. The summed E-state index contributed by atoms with van der Waals surface area (Å²) < 4.78 is 36.4. The molecule has 1 N–H and O–H groups in total. The molecule has 2 fully saturated rings. The molecule has 0 aromatic heterocycles. The maximum absolute atomic E-state index is 12.3. The van der Waals surface area contributed by atoms with Crippen molar-refractivity contribution in [2.24, 2.45) is 5.92 Å². The highest BCUT2D eigenvalue weighted by Gasteiger charge is 2.58. The molecule has 6 heteroatoms. The van der Waals surface area contributed by atoms with E-state index in [9.17, 15) is 18.0 Å². The number of halogens is 3. The molecule has 0 aromatic rings. The number of nitrogens with zero attached hydrogens (tertiary/aromatic N) is 1. The second-order valence-electron chi connectivity index (χ2n) is 6.44. The zero-order chi connectivity index (χ0) is 15.0. The van der Waals surface area contributed by atoms with E-state index >= 15 is 0 Å². The molecule has 3 nitrogen and oxygen atoms in total. The molecule has 0 aromatic carbocycles.